The molecule has 1 amide bonds. The lowest BCUT2D eigenvalue weighted by Gasteiger charge is -2.10. The summed E-state index contributed by atoms with van der Waals surface area (Å²) in [5, 5.41) is 23.2. The number of hydrogen-bond acceptors (Lipinski definition) is 4. The zero-order valence-corrected chi connectivity index (χ0v) is 12.2. The number of nitrogens with zero attached hydrogens (tertiary/aromatic N) is 1. The molecule has 1 aromatic carbocycles. The van der Waals surface area contributed by atoms with Crippen LogP contribution in [0, 0.1) is 18.3 Å². The summed E-state index contributed by atoms with van der Waals surface area (Å²) in [5.74, 6) is -1.73. The Bertz CT molecular complexity index is 635. The van der Waals surface area contributed by atoms with Crippen molar-refractivity contribution >= 4 is 29.2 Å². The third-order valence-electron chi connectivity index (χ3n) is 2.73. The maximum absolute atomic E-state index is 12.0. The van der Waals surface area contributed by atoms with E-state index in [1.165, 1.54) is 6.92 Å². The maximum atomic E-state index is 12.0. The normalized spacial score (nSPS) is 12.2. The fourth-order valence-corrected chi connectivity index (χ4v) is 1.54. The number of carbonyl (C=O) groups is 2. The van der Waals surface area contributed by atoms with Crippen LogP contribution in [0.5, 0.6) is 0 Å². The van der Waals surface area contributed by atoms with Crippen LogP contribution >= 0.6 is 11.6 Å². The molecule has 1 aromatic rings. The van der Waals surface area contributed by atoms with E-state index < -0.39 is 17.9 Å². The molecule has 0 aliphatic carbocycles. The quantitative estimate of drug-likeness (QED) is 0.571. The Balaban J connectivity index is 2.86. The molecule has 0 fully saturated rings. The average molecular weight is 308 g/mol. The first-order valence-electron chi connectivity index (χ1n) is 6.02. The molecule has 0 bridgehead atoms. The maximum Gasteiger partial charge on any atom is 0.325 e. The Labute approximate surface area is 127 Å². The summed E-state index contributed by atoms with van der Waals surface area (Å²) in [5.41, 5.74) is 0.930. The molecule has 0 saturated carbocycles. The monoisotopic (exact) mass is 307 g/mol. The number of carboxylic acid groups (broad SMARTS) is 1. The van der Waals surface area contributed by atoms with Gasteiger partial charge in [0, 0.05) is 16.9 Å². The number of amides is 1. The number of carbonyl (C=O) groups excluding carboxylic acids is 1. The van der Waals surface area contributed by atoms with Gasteiger partial charge in [-0.1, -0.05) is 17.7 Å². The number of hydrogen-bond donors (Lipinski definition) is 3. The largest absolute Gasteiger partial charge is 0.480 e. The molecule has 0 saturated heterocycles. The number of nitrogens with one attached hydrogen (secondary N) is 2. The lowest BCUT2D eigenvalue weighted by atomic mass is 10.2. The molecule has 0 aliphatic heterocycles. The van der Waals surface area contributed by atoms with Crippen molar-refractivity contribution < 1.29 is 14.7 Å². The Kier molecular flexibility index (Phi) is 5.76. The van der Waals surface area contributed by atoms with Crippen LogP contribution in [0.4, 0.5) is 5.69 Å². The standard InChI is InChI=1S/C14H14ClN3O3/c1-8-11(15)4-3-5-12(8)18-13(19)10(6-16)7-17-9(2)14(20)21/h3-5,7,9,17H,1-2H3,(H,18,19)(H,20,21)/b10-7-. The van der Waals surface area contributed by atoms with E-state index in [1.54, 1.807) is 31.2 Å². The average Bonchev–Trinajstić information content (AvgIpc) is 2.44. The topological polar surface area (TPSA) is 102 Å². The van der Waals surface area contributed by atoms with Crippen molar-refractivity contribution in [1.29, 1.82) is 5.26 Å². The van der Waals surface area contributed by atoms with E-state index in [1.807, 2.05) is 0 Å². The molecular weight excluding hydrogens is 294 g/mol. The highest BCUT2D eigenvalue weighted by Gasteiger charge is 2.13. The van der Waals surface area contributed by atoms with Crippen LogP contribution in [0.2, 0.25) is 5.02 Å². The van der Waals surface area contributed by atoms with Gasteiger partial charge in [-0.3, -0.25) is 9.59 Å². The fraction of sp³-hybridized carbons (Fsp3) is 0.214. The van der Waals surface area contributed by atoms with Gasteiger partial charge in [0.05, 0.1) is 0 Å². The number of anilines is 1. The molecule has 6 nitrogen and oxygen atoms in total. The summed E-state index contributed by atoms with van der Waals surface area (Å²) in [4.78, 5) is 22.6. The number of aliphatic carboxylic acids is 1. The van der Waals surface area contributed by atoms with Crippen molar-refractivity contribution in [3.8, 4) is 6.07 Å². The molecule has 3 N–H and O–H groups in total. The van der Waals surface area contributed by atoms with Gasteiger partial charge in [0.2, 0.25) is 0 Å². The summed E-state index contributed by atoms with van der Waals surface area (Å²) >= 11 is 5.94. The van der Waals surface area contributed by atoms with Gasteiger partial charge in [0.25, 0.3) is 5.91 Å². The number of nitriles is 1. The SMILES string of the molecule is Cc1c(Cl)cccc1NC(=O)/C(C#N)=C\NC(C)C(=O)O. The van der Waals surface area contributed by atoms with Gasteiger partial charge in [-0.2, -0.15) is 5.26 Å². The summed E-state index contributed by atoms with van der Waals surface area (Å²) in [6.07, 6.45) is 1.08. The van der Waals surface area contributed by atoms with Crippen LogP contribution in [0.15, 0.2) is 30.0 Å². The van der Waals surface area contributed by atoms with Crippen molar-refractivity contribution in [3.63, 3.8) is 0 Å². The summed E-state index contributed by atoms with van der Waals surface area (Å²) in [6.45, 7) is 3.13. The van der Waals surface area contributed by atoms with E-state index in [0.29, 0.717) is 16.3 Å². The van der Waals surface area contributed by atoms with E-state index >= 15 is 0 Å². The van der Waals surface area contributed by atoms with Crippen LogP contribution in [-0.4, -0.2) is 23.0 Å². The second kappa shape index (κ2) is 7.31. The van der Waals surface area contributed by atoms with Gasteiger partial charge in [-0.05, 0) is 31.5 Å². The summed E-state index contributed by atoms with van der Waals surface area (Å²) in [7, 11) is 0. The molecule has 0 radical (unpaired) electrons. The van der Waals surface area contributed by atoms with E-state index in [0.717, 1.165) is 6.20 Å². The molecule has 110 valence electrons. The first-order valence-corrected chi connectivity index (χ1v) is 6.40. The van der Waals surface area contributed by atoms with Crippen molar-refractivity contribution in [1.82, 2.24) is 5.32 Å². The second-order valence-corrected chi connectivity index (χ2v) is 4.67. The summed E-state index contributed by atoms with van der Waals surface area (Å²) in [6, 6.07) is 5.81. The minimum absolute atomic E-state index is 0.234. The van der Waals surface area contributed by atoms with Gasteiger partial charge >= 0.3 is 5.97 Å². The minimum atomic E-state index is -1.09. The highest BCUT2D eigenvalue weighted by Crippen LogP contribution is 2.23. The molecule has 0 heterocycles. The highest BCUT2D eigenvalue weighted by molar-refractivity contribution is 6.31. The van der Waals surface area contributed by atoms with Crippen LogP contribution in [0.25, 0.3) is 0 Å². The zero-order valence-electron chi connectivity index (χ0n) is 11.5. The Morgan fingerprint density at radius 2 is 2.14 bits per heavy atom. The summed E-state index contributed by atoms with van der Waals surface area (Å²) < 4.78 is 0. The van der Waals surface area contributed by atoms with E-state index in [9.17, 15) is 9.59 Å². The smallest absolute Gasteiger partial charge is 0.325 e. The van der Waals surface area contributed by atoms with Crippen molar-refractivity contribution in [2.45, 2.75) is 19.9 Å². The Morgan fingerprint density at radius 3 is 2.71 bits per heavy atom. The van der Waals surface area contributed by atoms with Crippen molar-refractivity contribution in [3.05, 3.63) is 40.6 Å². The van der Waals surface area contributed by atoms with Crippen molar-refractivity contribution in [2.24, 2.45) is 0 Å². The van der Waals surface area contributed by atoms with Gasteiger partial charge in [-0.15, -0.1) is 0 Å². The van der Waals surface area contributed by atoms with E-state index in [4.69, 9.17) is 22.0 Å². The lowest BCUT2D eigenvalue weighted by Crippen LogP contribution is -2.30. The molecule has 1 atom stereocenters. The Hall–Kier alpha value is -2.52. The minimum Gasteiger partial charge on any atom is -0.480 e. The van der Waals surface area contributed by atoms with Gasteiger partial charge in [0.1, 0.15) is 17.7 Å². The Morgan fingerprint density at radius 1 is 1.48 bits per heavy atom. The predicted molar refractivity (Wildman–Crippen MR) is 78.7 cm³/mol. The van der Waals surface area contributed by atoms with Gasteiger partial charge in [-0.25, -0.2) is 0 Å². The third-order valence-corrected chi connectivity index (χ3v) is 3.14. The number of carboxylic acids is 1. The van der Waals surface area contributed by atoms with Crippen LogP contribution < -0.4 is 10.6 Å². The lowest BCUT2D eigenvalue weighted by molar-refractivity contribution is -0.138. The number of halogens is 1. The molecule has 21 heavy (non-hydrogen) atoms. The van der Waals surface area contributed by atoms with Crippen LogP contribution in [0.1, 0.15) is 12.5 Å². The molecule has 0 aromatic heterocycles. The predicted octanol–water partition coefficient (Wildman–Crippen LogP) is 2.06. The third kappa shape index (κ3) is 4.51. The van der Waals surface area contributed by atoms with E-state index in [-0.39, 0.29) is 5.57 Å². The van der Waals surface area contributed by atoms with Crippen molar-refractivity contribution in [2.75, 3.05) is 5.32 Å². The zero-order chi connectivity index (χ0) is 16.0. The molecular formula is C14H14ClN3O3. The second-order valence-electron chi connectivity index (χ2n) is 4.26. The highest BCUT2D eigenvalue weighted by atomic mass is 35.5. The molecule has 1 rings (SSSR count). The van der Waals surface area contributed by atoms with Gasteiger partial charge in [0.15, 0.2) is 0 Å². The van der Waals surface area contributed by atoms with Crippen LogP contribution in [-0.2, 0) is 9.59 Å². The molecule has 7 heteroatoms. The van der Waals surface area contributed by atoms with Gasteiger partial charge < -0.3 is 15.7 Å². The first kappa shape index (κ1) is 16.5. The number of benzene rings is 1. The van der Waals surface area contributed by atoms with E-state index in [2.05, 4.69) is 10.6 Å². The van der Waals surface area contributed by atoms with Crippen LogP contribution in [0.3, 0.4) is 0 Å². The number of rotatable bonds is 5. The first-order chi connectivity index (χ1) is 9.86. The molecule has 0 spiro atoms. The fourth-order valence-electron chi connectivity index (χ4n) is 1.36. The molecule has 1 unspecified atom stereocenters. The molecule has 0 aliphatic rings.